The van der Waals surface area contributed by atoms with Gasteiger partial charge in [-0.2, -0.15) is 13.2 Å². The van der Waals surface area contributed by atoms with Gasteiger partial charge in [0.2, 0.25) is 0 Å². The molecule has 0 saturated heterocycles. The molecule has 5 nitrogen and oxygen atoms in total. The maximum absolute atomic E-state index is 12.1. The number of alkyl halides is 3. The van der Waals surface area contributed by atoms with Crippen molar-refractivity contribution in [2.45, 2.75) is 12.6 Å². The topological polar surface area (TPSA) is 62.5 Å². The minimum absolute atomic E-state index is 0.0394. The van der Waals surface area contributed by atoms with Gasteiger partial charge in [0.15, 0.2) is 5.13 Å². The maximum atomic E-state index is 12.1. The van der Waals surface area contributed by atoms with Crippen LogP contribution in [0.4, 0.5) is 24.1 Å². The molecule has 1 rings (SSSR count). The fraction of sp³-hybridized carbons (Fsp3) is 0.600. The van der Waals surface area contributed by atoms with Crippen molar-refractivity contribution in [3.63, 3.8) is 0 Å². The van der Waals surface area contributed by atoms with Gasteiger partial charge < -0.3 is 15.5 Å². The molecule has 19 heavy (non-hydrogen) atoms. The molecule has 0 spiro atoms. The molecule has 0 aliphatic carbocycles. The summed E-state index contributed by atoms with van der Waals surface area (Å²) in [5.41, 5.74) is 5.60. The van der Waals surface area contributed by atoms with E-state index in [0.717, 1.165) is 16.2 Å². The van der Waals surface area contributed by atoms with E-state index in [2.05, 4.69) is 4.98 Å². The van der Waals surface area contributed by atoms with E-state index in [1.165, 1.54) is 7.05 Å². The van der Waals surface area contributed by atoms with E-state index in [4.69, 9.17) is 5.73 Å². The van der Waals surface area contributed by atoms with Crippen molar-refractivity contribution in [3.8, 4) is 0 Å². The van der Waals surface area contributed by atoms with Gasteiger partial charge in [0.1, 0.15) is 10.7 Å². The number of carbonyl (C=O) groups excluding carboxylic acids is 1. The van der Waals surface area contributed by atoms with Gasteiger partial charge in [-0.3, -0.25) is 4.79 Å². The van der Waals surface area contributed by atoms with E-state index in [1.54, 1.807) is 19.0 Å². The summed E-state index contributed by atoms with van der Waals surface area (Å²) in [6, 6.07) is 0. The highest BCUT2D eigenvalue weighted by molar-refractivity contribution is 7.18. The normalized spacial score (nSPS) is 11.5. The second-order valence-electron chi connectivity index (χ2n) is 4.20. The van der Waals surface area contributed by atoms with Gasteiger partial charge >= 0.3 is 6.18 Å². The summed E-state index contributed by atoms with van der Waals surface area (Å²) in [6.07, 6.45) is -5.34. The van der Waals surface area contributed by atoms with Crippen molar-refractivity contribution in [1.82, 2.24) is 9.88 Å². The van der Waals surface area contributed by atoms with Crippen LogP contribution in [-0.2, 0) is 0 Å². The quantitative estimate of drug-likeness (QED) is 0.920. The average Bonchev–Trinajstić information content (AvgIpc) is 2.66. The summed E-state index contributed by atoms with van der Waals surface area (Å²) >= 11 is 1.05. The second kappa shape index (κ2) is 5.64. The first kappa shape index (κ1) is 15.5. The average molecular weight is 296 g/mol. The third kappa shape index (κ3) is 4.27. The van der Waals surface area contributed by atoms with Crippen molar-refractivity contribution in [3.05, 3.63) is 4.88 Å². The molecule has 0 radical (unpaired) electrons. The number of rotatable bonds is 4. The molecule has 1 aromatic rings. The third-order valence-electron chi connectivity index (χ3n) is 2.30. The van der Waals surface area contributed by atoms with Crippen LogP contribution in [0.3, 0.4) is 0 Å². The van der Waals surface area contributed by atoms with E-state index in [9.17, 15) is 18.0 Å². The molecule has 0 unspecified atom stereocenters. The van der Waals surface area contributed by atoms with Crippen LogP contribution in [-0.4, -0.2) is 49.7 Å². The fourth-order valence-corrected chi connectivity index (χ4v) is 2.14. The highest BCUT2D eigenvalue weighted by Crippen LogP contribution is 2.28. The molecule has 0 bridgehead atoms. The fourth-order valence-electron chi connectivity index (χ4n) is 1.23. The van der Waals surface area contributed by atoms with Crippen LogP contribution in [0.15, 0.2) is 0 Å². The standard InChI is InChI=1S/C10H15F3N4OS/c1-16(2)9-15-7(14)6(19-9)8(18)17(3)5-4-10(11,12)13/h4-5,14H2,1-3H3. The Balaban J connectivity index is 2.77. The number of carbonyl (C=O) groups is 1. The molecule has 108 valence electrons. The monoisotopic (exact) mass is 296 g/mol. The summed E-state index contributed by atoms with van der Waals surface area (Å²) in [6.45, 7) is -0.406. The Morgan fingerprint density at radius 1 is 1.37 bits per heavy atom. The van der Waals surface area contributed by atoms with Crippen molar-refractivity contribution in [2.75, 3.05) is 38.3 Å². The molecule has 1 aromatic heterocycles. The lowest BCUT2D eigenvalue weighted by molar-refractivity contribution is -0.136. The first-order valence-electron chi connectivity index (χ1n) is 5.37. The van der Waals surface area contributed by atoms with Crippen LogP contribution in [0.5, 0.6) is 0 Å². The molecule has 0 aliphatic rings. The zero-order chi connectivity index (χ0) is 14.8. The van der Waals surface area contributed by atoms with E-state index in [-0.39, 0.29) is 10.7 Å². The van der Waals surface area contributed by atoms with E-state index >= 15 is 0 Å². The zero-order valence-corrected chi connectivity index (χ0v) is 11.6. The van der Waals surface area contributed by atoms with E-state index in [0.29, 0.717) is 5.13 Å². The zero-order valence-electron chi connectivity index (χ0n) is 10.8. The van der Waals surface area contributed by atoms with Gasteiger partial charge in [-0.15, -0.1) is 0 Å². The molecule has 2 N–H and O–H groups in total. The number of halogens is 3. The third-order valence-corrected chi connectivity index (χ3v) is 3.52. The lowest BCUT2D eigenvalue weighted by atomic mass is 10.3. The van der Waals surface area contributed by atoms with Crippen molar-refractivity contribution in [2.24, 2.45) is 0 Å². The van der Waals surface area contributed by atoms with Gasteiger partial charge in [-0.05, 0) is 0 Å². The van der Waals surface area contributed by atoms with E-state index in [1.807, 2.05) is 0 Å². The Labute approximate surface area is 112 Å². The van der Waals surface area contributed by atoms with Gasteiger partial charge in [-0.1, -0.05) is 11.3 Å². The Morgan fingerprint density at radius 3 is 2.37 bits per heavy atom. The van der Waals surface area contributed by atoms with Crippen molar-refractivity contribution < 1.29 is 18.0 Å². The molecule has 0 saturated carbocycles. The van der Waals surface area contributed by atoms with Crippen LogP contribution in [0, 0.1) is 0 Å². The SMILES string of the molecule is CN(CCC(F)(F)F)C(=O)c1sc(N(C)C)nc1N. The van der Waals surface area contributed by atoms with Crippen LogP contribution in [0.1, 0.15) is 16.1 Å². The Bertz CT molecular complexity index is 458. The Morgan fingerprint density at radius 2 is 1.95 bits per heavy atom. The largest absolute Gasteiger partial charge is 0.390 e. The van der Waals surface area contributed by atoms with Crippen molar-refractivity contribution in [1.29, 1.82) is 0 Å². The predicted molar refractivity (Wildman–Crippen MR) is 68.5 cm³/mol. The number of nitrogen functional groups attached to an aromatic ring is 1. The van der Waals surface area contributed by atoms with Gasteiger partial charge in [-0.25, -0.2) is 4.98 Å². The maximum Gasteiger partial charge on any atom is 0.390 e. The Hall–Kier alpha value is -1.51. The molecule has 1 heterocycles. The molecule has 0 aromatic carbocycles. The second-order valence-corrected chi connectivity index (χ2v) is 5.17. The molecule has 0 aliphatic heterocycles. The molecule has 9 heteroatoms. The first-order valence-corrected chi connectivity index (χ1v) is 6.19. The number of thiazole rings is 1. The molecule has 0 atom stereocenters. The minimum Gasteiger partial charge on any atom is -0.382 e. The summed E-state index contributed by atoms with van der Waals surface area (Å²) in [5.74, 6) is -0.509. The van der Waals surface area contributed by atoms with E-state index < -0.39 is 25.0 Å². The highest BCUT2D eigenvalue weighted by Gasteiger charge is 2.29. The number of hydrogen-bond acceptors (Lipinski definition) is 5. The summed E-state index contributed by atoms with van der Waals surface area (Å²) in [5, 5.41) is 0.532. The van der Waals surface area contributed by atoms with Gasteiger partial charge in [0.05, 0.1) is 6.42 Å². The number of nitrogens with two attached hydrogens (primary N) is 1. The number of anilines is 2. The number of hydrogen-bond donors (Lipinski definition) is 1. The van der Waals surface area contributed by atoms with Crippen LogP contribution in [0.25, 0.3) is 0 Å². The smallest absolute Gasteiger partial charge is 0.382 e. The summed E-state index contributed by atoms with van der Waals surface area (Å²) in [4.78, 5) is 18.8. The summed E-state index contributed by atoms with van der Waals surface area (Å²) < 4.78 is 36.3. The lowest BCUT2D eigenvalue weighted by Gasteiger charge is -2.17. The number of nitrogens with zero attached hydrogens (tertiary/aromatic N) is 3. The van der Waals surface area contributed by atoms with Crippen LogP contribution < -0.4 is 10.6 Å². The molecule has 0 fully saturated rings. The lowest BCUT2D eigenvalue weighted by Crippen LogP contribution is -2.30. The molecular weight excluding hydrogens is 281 g/mol. The predicted octanol–water partition coefficient (Wildman–Crippen LogP) is 1.82. The van der Waals surface area contributed by atoms with Crippen LogP contribution in [0.2, 0.25) is 0 Å². The minimum atomic E-state index is -4.29. The van der Waals surface area contributed by atoms with Crippen molar-refractivity contribution >= 4 is 28.2 Å². The number of amides is 1. The first-order chi connectivity index (χ1) is 8.61. The van der Waals surface area contributed by atoms with Gasteiger partial charge in [0, 0.05) is 27.7 Å². The van der Waals surface area contributed by atoms with Crippen LogP contribution >= 0.6 is 11.3 Å². The summed E-state index contributed by atoms with van der Waals surface area (Å²) in [7, 11) is 4.78. The molecule has 1 amide bonds. The number of aromatic nitrogens is 1. The van der Waals surface area contributed by atoms with Gasteiger partial charge in [0.25, 0.3) is 5.91 Å². The highest BCUT2D eigenvalue weighted by atomic mass is 32.1. The Kier molecular flexibility index (Phi) is 4.61. The molecular formula is C10H15F3N4OS.